The van der Waals surface area contributed by atoms with Gasteiger partial charge in [-0.15, -0.1) is 0 Å². The van der Waals surface area contributed by atoms with Gasteiger partial charge in [-0.05, 0) is 26.0 Å². The SMILES string of the molecule is CCNC(=O)NC(=O)[C@H](C)Oc1ccccc1. The second kappa shape index (κ2) is 6.52. The second-order valence-electron chi connectivity index (χ2n) is 3.42. The normalized spacial score (nSPS) is 11.4. The van der Waals surface area contributed by atoms with Crippen molar-refractivity contribution in [2.24, 2.45) is 0 Å². The molecule has 1 aromatic carbocycles. The topological polar surface area (TPSA) is 67.4 Å². The van der Waals surface area contributed by atoms with E-state index < -0.39 is 18.0 Å². The maximum atomic E-state index is 11.5. The van der Waals surface area contributed by atoms with Crippen molar-refractivity contribution in [2.75, 3.05) is 6.54 Å². The van der Waals surface area contributed by atoms with Crippen LogP contribution < -0.4 is 15.4 Å². The minimum Gasteiger partial charge on any atom is -0.481 e. The van der Waals surface area contributed by atoms with Crippen LogP contribution in [-0.2, 0) is 4.79 Å². The number of benzene rings is 1. The largest absolute Gasteiger partial charge is 0.481 e. The van der Waals surface area contributed by atoms with Crippen molar-refractivity contribution in [2.45, 2.75) is 20.0 Å². The van der Waals surface area contributed by atoms with Crippen LogP contribution >= 0.6 is 0 Å². The summed E-state index contributed by atoms with van der Waals surface area (Å²) in [6, 6.07) is 8.45. The number of para-hydroxylation sites is 1. The minimum absolute atomic E-state index is 0.465. The molecule has 0 unspecified atom stereocenters. The summed E-state index contributed by atoms with van der Waals surface area (Å²) in [5, 5.41) is 4.66. The molecule has 92 valence electrons. The van der Waals surface area contributed by atoms with Crippen LogP contribution in [0.2, 0.25) is 0 Å². The Labute approximate surface area is 100 Å². The molecular weight excluding hydrogens is 220 g/mol. The highest BCUT2D eigenvalue weighted by Crippen LogP contribution is 2.10. The fourth-order valence-electron chi connectivity index (χ4n) is 1.17. The molecule has 1 aromatic rings. The molecule has 5 nitrogen and oxygen atoms in total. The summed E-state index contributed by atoms with van der Waals surface area (Å²) in [5.41, 5.74) is 0. The van der Waals surface area contributed by atoms with Crippen molar-refractivity contribution in [1.29, 1.82) is 0 Å². The Balaban J connectivity index is 2.45. The molecule has 0 aliphatic carbocycles. The van der Waals surface area contributed by atoms with E-state index in [9.17, 15) is 9.59 Å². The second-order valence-corrected chi connectivity index (χ2v) is 3.42. The molecular formula is C12H16N2O3. The van der Waals surface area contributed by atoms with E-state index in [0.29, 0.717) is 12.3 Å². The quantitative estimate of drug-likeness (QED) is 0.828. The molecule has 1 rings (SSSR count). The zero-order chi connectivity index (χ0) is 12.7. The van der Waals surface area contributed by atoms with Crippen molar-refractivity contribution in [3.05, 3.63) is 30.3 Å². The highest BCUT2D eigenvalue weighted by molar-refractivity contribution is 5.96. The van der Waals surface area contributed by atoms with Crippen molar-refractivity contribution in [3.63, 3.8) is 0 Å². The molecule has 0 saturated heterocycles. The third-order valence-electron chi connectivity index (χ3n) is 2.00. The standard InChI is InChI=1S/C12H16N2O3/c1-3-13-12(16)14-11(15)9(2)17-10-7-5-4-6-8-10/h4-9H,3H2,1-2H3,(H2,13,14,15,16)/t9-/m0/s1. The highest BCUT2D eigenvalue weighted by Gasteiger charge is 2.16. The highest BCUT2D eigenvalue weighted by atomic mass is 16.5. The molecule has 0 heterocycles. The number of nitrogens with one attached hydrogen (secondary N) is 2. The van der Waals surface area contributed by atoms with Crippen LogP contribution in [0.3, 0.4) is 0 Å². The van der Waals surface area contributed by atoms with Crippen LogP contribution in [0.5, 0.6) is 5.75 Å². The number of carbonyl (C=O) groups is 2. The fraction of sp³-hybridized carbons (Fsp3) is 0.333. The molecule has 2 N–H and O–H groups in total. The van der Waals surface area contributed by atoms with E-state index in [1.165, 1.54) is 0 Å². The zero-order valence-electron chi connectivity index (χ0n) is 9.90. The molecule has 5 heteroatoms. The predicted molar refractivity (Wildman–Crippen MR) is 63.7 cm³/mol. The lowest BCUT2D eigenvalue weighted by Gasteiger charge is -2.13. The number of ether oxygens (including phenoxy) is 1. The molecule has 0 aliphatic heterocycles. The summed E-state index contributed by atoms with van der Waals surface area (Å²) < 4.78 is 5.36. The summed E-state index contributed by atoms with van der Waals surface area (Å²) in [4.78, 5) is 22.6. The van der Waals surface area contributed by atoms with Crippen LogP contribution in [0.15, 0.2) is 30.3 Å². The van der Waals surface area contributed by atoms with Gasteiger partial charge in [-0.2, -0.15) is 0 Å². The smallest absolute Gasteiger partial charge is 0.321 e. The molecule has 17 heavy (non-hydrogen) atoms. The average molecular weight is 236 g/mol. The first-order valence-electron chi connectivity index (χ1n) is 5.44. The Morgan fingerprint density at radius 1 is 1.29 bits per heavy atom. The van der Waals surface area contributed by atoms with Crippen molar-refractivity contribution in [1.82, 2.24) is 10.6 Å². The lowest BCUT2D eigenvalue weighted by atomic mass is 10.3. The number of imide groups is 1. The number of hydrogen-bond donors (Lipinski definition) is 2. The van der Waals surface area contributed by atoms with Gasteiger partial charge in [0, 0.05) is 6.54 Å². The lowest BCUT2D eigenvalue weighted by molar-refractivity contribution is -0.126. The van der Waals surface area contributed by atoms with Crippen LogP contribution in [0.25, 0.3) is 0 Å². The third-order valence-corrected chi connectivity index (χ3v) is 2.00. The van der Waals surface area contributed by atoms with Gasteiger partial charge < -0.3 is 10.1 Å². The Morgan fingerprint density at radius 3 is 2.53 bits per heavy atom. The first kappa shape index (κ1) is 13.0. The first-order chi connectivity index (χ1) is 8.13. The van der Waals surface area contributed by atoms with Crippen molar-refractivity contribution >= 4 is 11.9 Å². The number of hydrogen-bond acceptors (Lipinski definition) is 3. The molecule has 3 amide bonds. The van der Waals surface area contributed by atoms with Gasteiger partial charge in [-0.3, -0.25) is 10.1 Å². The predicted octanol–water partition coefficient (Wildman–Crippen LogP) is 1.30. The average Bonchev–Trinajstić information content (AvgIpc) is 2.30. The van der Waals surface area contributed by atoms with Crippen LogP contribution in [0.4, 0.5) is 4.79 Å². The van der Waals surface area contributed by atoms with E-state index in [4.69, 9.17) is 4.74 Å². The number of amides is 3. The number of carbonyl (C=O) groups excluding carboxylic acids is 2. The van der Waals surface area contributed by atoms with Gasteiger partial charge in [-0.1, -0.05) is 18.2 Å². The monoisotopic (exact) mass is 236 g/mol. The summed E-state index contributed by atoms with van der Waals surface area (Å²) in [6.07, 6.45) is -0.722. The van der Waals surface area contributed by atoms with E-state index in [2.05, 4.69) is 10.6 Å². The molecule has 0 saturated carbocycles. The first-order valence-corrected chi connectivity index (χ1v) is 5.44. The van der Waals surface area contributed by atoms with Gasteiger partial charge >= 0.3 is 6.03 Å². The molecule has 1 atom stereocenters. The van der Waals surface area contributed by atoms with Gasteiger partial charge in [0.25, 0.3) is 5.91 Å². The summed E-state index contributed by atoms with van der Waals surface area (Å²) in [6.45, 7) is 3.82. The molecule has 0 fully saturated rings. The maximum Gasteiger partial charge on any atom is 0.321 e. The van der Waals surface area contributed by atoms with Crippen molar-refractivity contribution in [3.8, 4) is 5.75 Å². The molecule has 0 aliphatic rings. The molecule has 0 bridgehead atoms. The Kier molecular flexibility index (Phi) is 5.00. The lowest BCUT2D eigenvalue weighted by Crippen LogP contribution is -2.45. The van der Waals surface area contributed by atoms with E-state index in [1.807, 2.05) is 18.2 Å². The van der Waals surface area contributed by atoms with Gasteiger partial charge in [-0.25, -0.2) is 4.79 Å². The Hall–Kier alpha value is -2.04. The van der Waals surface area contributed by atoms with Gasteiger partial charge in [0.1, 0.15) is 5.75 Å². The van der Waals surface area contributed by atoms with Gasteiger partial charge in [0.2, 0.25) is 0 Å². The summed E-state index contributed by atoms with van der Waals surface area (Å²) >= 11 is 0. The molecule has 0 spiro atoms. The van der Waals surface area contributed by atoms with Crippen LogP contribution in [0, 0.1) is 0 Å². The fourth-order valence-corrected chi connectivity index (χ4v) is 1.17. The Bertz CT molecular complexity index is 379. The van der Waals surface area contributed by atoms with E-state index >= 15 is 0 Å². The van der Waals surface area contributed by atoms with Crippen LogP contribution in [-0.4, -0.2) is 24.6 Å². The van der Waals surface area contributed by atoms with Gasteiger partial charge in [0.05, 0.1) is 0 Å². The third kappa shape index (κ3) is 4.55. The molecule has 0 radical (unpaired) electrons. The summed E-state index contributed by atoms with van der Waals surface area (Å²) in [7, 11) is 0. The number of urea groups is 1. The Morgan fingerprint density at radius 2 is 1.94 bits per heavy atom. The van der Waals surface area contributed by atoms with E-state index in [0.717, 1.165) is 0 Å². The number of rotatable bonds is 4. The minimum atomic E-state index is -0.722. The zero-order valence-corrected chi connectivity index (χ0v) is 9.90. The maximum absolute atomic E-state index is 11.5. The summed E-state index contributed by atoms with van der Waals surface area (Å²) in [5.74, 6) is 0.117. The van der Waals surface area contributed by atoms with E-state index in [-0.39, 0.29) is 0 Å². The van der Waals surface area contributed by atoms with Crippen molar-refractivity contribution < 1.29 is 14.3 Å². The van der Waals surface area contributed by atoms with E-state index in [1.54, 1.807) is 26.0 Å². The molecule has 0 aromatic heterocycles. The van der Waals surface area contributed by atoms with Gasteiger partial charge in [0.15, 0.2) is 6.10 Å². The van der Waals surface area contributed by atoms with Crippen LogP contribution in [0.1, 0.15) is 13.8 Å².